The molecular weight excluding hydrogens is 176 g/mol. The molecule has 0 radical (unpaired) electrons. The molecule has 1 aliphatic rings. The molecule has 70 valence electrons. The maximum Gasteiger partial charge on any atom is 0.282 e. The van der Waals surface area contributed by atoms with Gasteiger partial charge in [-0.2, -0.15) is 0 Å². The predicted octanol–water partition coefficient (Wildman–Crippen LogP) is 1.85. The molecule has 1 fully saturated rings. The summed E-state index contributed by atoms with van der Waals surface area (Å²) in [6.07, 6.45) is 0. The topological polar surface area (TPSA) is 23.5 Å². The molecule has 4 heteroatoms. The lowest BCUT2D eigenvalue weighted by atomic mass is 10.1. The van der Waals surface area contributed by atoms with E-state index in [1.165, 1.54) is 17.0 Å². The van der Waals surface area contributed by atoms with Crippen LogP contribution in [0.5, 0.6) is 5.75 Å². The third-order valence-corrected chi connectivity index (χ3v) is 2.04. The van der Waals surface area contributed by atoms with Crippen molar-refractivity contribution in [3.63, 3.8) is 0 Å². The number of benzene rings is 1. The highest BCUT2D eigenvalue weighted by Crippen LogP contribution is 2.32. The van der Waals surface area contributed by atoms with Crippen molar-refractivity contribution < 1.29 is 13.9 Å². The van der Waals surface area contributed by atoms with E-state index in [2.05, 4.69) is 0 Å². The van der Waals surface area contributed by atoms with E-state index in [9.17, 15) is 8.78 Å². The van der Waals surface area contributed by atoms with Crippen molar-refractivity contribution in [1.29, 1.82) is 0 Å². The van der Waals surface area contributed by atoms with Gasteiger partial charge in [0.25, 0.3) is 5.92 Å². The van der Waals surface area contributed by atoms with Gasteiger partial charge in [0.05, 0.1) is 13.1 Å². The summed E-state index contributed by atoms with van der Waals surface area (Å²) >= 11 is 0. The maximum atomic E-state index is 12.5. The number of anilines is 1. The molecule has 1 aliphatic heterocycles. The monoisotopic (exact) mass is 185 g/mol. The van der Waals surface area contributed by atoms with Gasteiger partial charge < -0.3 is 10.0 Å². The second-order valence-corrected chi connectivity index (χ2v) is 3.23. The molecule has 1 saturated heterocycles. The molecule has 1 aromatic carbocycles. The molecule has 0 bridgehead atoms. The predicted molar refractivity (Wildman–Crippen MR) is 45.3 cm³/mol. The zero-order chi connectivity index (χ0) is 9.47. The average Bonchev–Trinajstić information content (AvgIpc) is 2.00. The van der Waals surface area contributed by atoms with Gasteiger partial charge in [0.15, 0.2) is 0 Å². The van der Waals surface area contributed by atoms with Crippen LogP contribution in [-0.4, -0.2) is 24.1 Å². The Kier molecular flexibility index (Phi) is 1.65. The molecule has 0 unspecified atom stereocenters. The number of aromatic hydroxyl groups is 1. The van der Waals surface area contributed by atoms with E-state index in [1.807, 2.05) is 0 Å². The van der Waals surface area contributed by atoms with Crippen LogP contribution in [0.2, 0.25) is 0 Å². The molecule has 2 rings (SSSR count). The highest BCUT2D eigenvalue weighted by atomic mass is 19.3. The fourth-order valence-electron chi connectivity index (χ4n) is 1.38. The highest BCUT2D eigenvalue weighted by molar-refractivity contribution is 5.53. The van der Waals surface area contributed by atoms with Crippen molar-refractivity contribution in [2.75, 3.05) is 18.0 Å². The average molecular weight is 185 g/mol. The quantitative estimate of drug-likeness (QED) is 0.721. The Hall–Kier alpha value is -1.32. The molecule has 0 spiro atoms. The molecule has 1 N–H and O–H groups in total. The molecule has 0 saturated carbocycles. The first-order valence-electron chi connectivity index (χ1n) is 3.99. The maximum absolute atomic E-state index is 12.5. The van der Waals surface area contributed by atoms with Crippen LogP contribution >= 0.6 is 0 Å². The van der Waals surface area contributed by atoms with Crippen molar-refractivity contribution >= 4 is 5.69 Å². The van der Waals surface area contributed by atoms with Gasteiger partial charge in [-0.25, -0.2) is 8.78 Å². The number of halogens is 2. The Morgan fingerprint density at radius 1 is 1.31 bits per heavy atom. The molecule has 0 amide bonds. The Balaban J connectivity index is 2.11. The lowest BCUT2D eigenvalue weighted by Crippen LogP contribution is -2.56. The number of phenolic OH excluding ortho intramolecular Hbond substituents is 1. The summed E-state index contributed by atoms with van der Waals surface area (Å²) in [5.74, 6) is -2.46. The SMILES string of the molecule is Oc1cccc(N2CC(F)(F)C2)c1. The van der Waals surface area contributed by atoms with Gasteiger partial charge >= 0.3 is 0 Å². The van der Waals surface area contributed by atoms with Crippen molar-refractivity contribution in [2.45, 2.75) is 5.92 Å². The summed E-state index contributed by atoms with van der Waals surface area (Å²) in [6, 6.07) is 6.34. The highest BCUT2D eigenvalue weighted by Gasteiger charge is 2.43. The number of hydrogen-bond acceptors (Lipinski definition) is 2. The fraction of sp³-hybridized carbons (Fsp3) is 0.333. The number of hydrogen-bond donors (Lipinski definition) is 1. The van der Waals surface area contributed by atoms with Gasteiger partial charge in [0, 0.05) is 11.8 Å². The molecular formula is C9H9F2NO. The van der Waals surface area contributed by atoms with Gasteiger partial charge in [-0.1, -0.05) is 6.07 Å². The van der Waals surface area contributed by atoms with E-state index < -0.39 is 5.92 Å². The van der Waals surface area contributed by atoms with Gasteiger partial charge in [0.2, 0.25) is 0 Å². The van der Waals surface area contributed by atoms with Crippen LogP contribution in [-0.2, 0) is 0 Å². The minimum absolute atomic E-state index is 0.104. The van der Waals surface area contributed by atoms with Crippen LogP contribution in [0.4, 0.5) is 14.5 Å². The normalized spacial score (nSPS) is 19.7. The molecule has 2 nitrogen and oxygen atoms in total. The summed E-state index contributed by atoms with van der Waals surface area (Å²) in [4.78, 5) is 1.53. The standard InChI is InChI=1S/C9H9F2NO/c10-9(11)5-12(6-9)7-2-1-3-8(13)4-7/h1-4,13H,5-6H2. The first-order chi connectivity index (χ1) is 6.07. The van der Waals surface area contributed by atoms with E-state index in [1.54, 1.807) is 12.1 Å². The third kappa shape index (κ3) is 1.56. The third-order valence-electron chi connectivity index (χ3n) is 2.04. The van der Waals surface area contributed by atoms with Crippen LogP contribution < -0.4 is 4.90 Å². The van der Waals surface area contributed by atoms with Crippen molar-refractivity contribution in [3.05, 3.63) is 24.3 Å². The second-order valence-electron chi connectivity index (χ2n) is 3.23. The van der Waals surface area contributed by atoms with Crippen LogP contribution in [0, 0.1) is 0 Å². The van der Waals surface area contributed by atoms with E-state index in [4.69, 9.17) is 5.11 Å². The molecule has 0 aromatic heterocycles. The summed E-state index contributed by atoms with van der Waals surface area (Å²) in [6.45, 7) is -0.507. The summed E-state index contributed by atoms with van der Waals surface area (Å²) < 4.78 is 24.9. The zero-order valence-corrected chi connectivity index (χ0v) is 6.87. The minimum atomic E-state index is -2.56. The van der Waals surface area contributed by atoms with Crippen molar-refractivity contribution in [1.82, 2.24) is 0 Å². The minimum Gasteiger partial charge on any atom is -0.508 e. The number of rotatable bonds is 1. The molecule has 1 heterocycles. The first kappa shape index (κ1) is 8.29. The Morgan fingerprint density at radius 3 is 2.54 bits per heavy atom. The van der Waals surface area contributed by atoms with Crippen molar-refractivity contribution in [2.24, 2.45) is 0 Å². The van der Waals surface area contributed by atoms with Crippen LogP contribution in [0.1, 0.15) is 0 Å². The number of phenols is 1. The first-order valence-corrected chi connectivity index (χ1v) is 3.99. The smallest absolute Gasteiger partial charge is 0.282 e. The van der Waals surface area contributed by atoms with E-state index >= 15 is 0 Å². The van der Waals surface area contributed by atoms with Crippen LogP contribution in [0.15, 0.2) is 24.3 Å². The van der Waals surface area contributed by atoms with Crippen molar-refractivity contribution in [3.8, 4) is 5.75 Å². The van der Waals surface area contributed by atoms with Gasteiger partial charge in [0.1, 0.15) is 5.75 Å². The fourth-order valence-corrected chi connectivity index (χ4v) is 1.38. The Bertz CT molecular complexity index is 319. The Morgan fingerprint density at radius 2 is 2.00 bits per heavy atom. The van der Waals surface area contributed by atoms with E-state index in [-0.39, 0.29) is 18.8 Å². The lowest BCUT2D eigenvalue weighted by Gasteiger charge is -2.40. The summed E-state index contributed by atoms with van der Waals surface area (Å²) in [5.41, 5.74) is 0.644. The van der Waals surface area contributed by atoms with Gasteiger partial charge in [-0.05, 0) is 12.1 Å². The molecule has 0 aliphatic carbocycles. The number of nitrogens with zero attached hydrogens (tertiary/aromatic N) is 1. The second kappa shape index (κ2) is 2.58. The molecule has 0 atom stereocenters. The van der Waals surface area contributed by atoms with E-state index in [0.717, 1.165) is 0 Å². The van der Waals surface area contributed by atoms with Crippen LogP contribution in [0.25, 0.3) is 0 Å². The lowest BCUT2D eigenvalue weighted by molar-refractivity contribution is -0.0262. The zero-order valence-electron chi connectivity index (χ0n) is 6.87. The van der Waals surface area contributed by atoms with Gasteiger partial charge in [-0.15, -0.1) is 0 Å². The summed E-state index contributed by atoms with van der Waals surface area (Å²) in [5, 5.41) is 9.10. The largest absolute Gasteiger partial charge is 0.508 e. The molecule has 1 aromatic rings. The van der Waals surface area contributed by atoms with Crippen LogP contribution in [0.3, 0.4) is 0 Å². The summed E-state index contributed by atoms with van der Waals surface area (Å²) in [7, 11) is 0. The number of alkyl halides is 2. The Labute approximate surface area is 74.4 Å². The molecule has 13 heavy (non-hydrogen) atoms. The van der Waals surface area contributed by atoms with E-state index in [0.29, 0.717) is 5.69 Å². The van der Waals surface area contributed by atoms with Gasteiger partial charge in [-0.3, -0.25) is 0 Å².